The van der Waals surface area contributed by atoms with Crippen molar-refractivity contribution in [1.29, 1.82) is 0 Å². The van der Waals surface area contributed by atoms with Gasteiger partial charge in [0.2, 0.25) is 0 Å². The highest BCUT2D eigenvalue weighted by Gasteiger charge is 2.13. The van der Waals surface area contributed by atoms with Gasteiger partial charge in [0.25, 0.3) is 5.91 Å². The van der Waals surface area contributed by atoms with Gasteiger partial charge in [-0.05, 0) is 37.3 Å². The first-order valence-electron chi connectivity index (χ1n) is 5.26. The Balaban J connectivity index is 2.07. The highest BCUT2D eigenvalue weighted by atomic mass is 79.9. The van der Waals surface area contributed by atoms with Crippen LogP contribution in [-0.4, -0.2) is 5.91 Å². The normalized spacial score (nSPS) is 12.1. The van der Waals surface area contributed by atoms with Gasteiger partial charge in [-0.25, -0.2) is 0 Å². The van der Waals surface area contributed by atoms with Crippen LogP contribution in [0.3, 0.4) is 0 Å². The Morgan fingerprint density at radius 2 is 2.18 bits per heavy atom. The molecule has 1 aromatic carbocycles. The van der Waals surface area contributed by atoms with E-state index in [9.17, 15) is 4.79 Å². The van der Waals surface area contributed by atoms with Gasteiger partial charge in [-0.3, -0.25) is 4.79 Å². The lowest BCUT2D eigenvalue weighted by Crippen LogP contribution is -2.26. The van der Waals surface area contributed by atoms with Crippen molar-refractivity contribution in [3.05, 3.63) is 58.5 Å². The monoisotopic (exact) mass is 293 g/mol. The first-order chi connectivity index (χ1) is 8.16. The number of hydrogen-bond donors (Lipinski definition) is 1. The molecule has 2 rings (SSSR count). The first-order valence-corrected chi connectivity index (χ1v) is 6.06. The van der Waals surface area contributed by atoms with E-state index in [1.807, 2.05) is 25.1 Å². The van der Waals surface area contributed by atoms with Gasteiger partial charge in [0.05, 0.1) is 12.3 Å². The molecule has 2 aromatic rings. The molecule has 1 N–H and O–H groups in total. The Hall–Kier alpha value is -1.55. The summed E-state index contributed by atoms with van der Waals surface area (Å²) in [7, 11) is 0. The summed E-state index contributed by atoms with van der Waals surface area (Å²) in [6.45, 7) is 1.88. The SMILES string of the molecule is C[C@@H](NC(=O)c1cccc(Br)c1)c1ccco1. The number of carbonyl (C=O) groups excluding carboxylic acids is 1. The lowest BCUT2D eigenvalue weighted by atomic mass is 10.2. The fourth-order valence-electron chi connectivity index (χ4n) is 1.52. The number of furan rings is 1. The number of rotatable bonds is 3. The molecule has 17 heavy (non-hydrogen) atoms. The van der Waals surface area contributed by atoms with E-state index in [4.69, 9.17) is 4.42 Å². The molecule has 0 bridgehead atoms. The summed E-state index contributed by atoms with van der Waals surface area (Å²) in [6.07, 6.45) is 1.59. The van der Waals surface area contributed by atoms with Gasteiger partial charge < -0.3 is 9.73 Å². The molecule has 0 aliphatic carbocycles. The van der Waals surface area contributed by atoms with Gasteiger partial charge in [0.1, 0.15) is 5.76 Å². The predicted molar refractivity (Wildman–Crippen MR) is 68.7 cm³/mol. The summed E-state index contributed by atoms with van der Waals surface area (Å²) in [5, 5.41) is 2.87. The van der Waals surface area contributed by atoms with Gasteiger partial charge in [0, 0.05) is 10.0 Å². The van der Waals surface area contributed by atoms with Crippen LogP contribution in [0.15, 0.2) is 51.6 Å². The largest absolute Gasteiger partial charge is 0.467 e. The Morgan fingerprint density at radius 3 is 2.82 bits per heavy atom. The summed E-state index contributed by atoms with van der Waals surface area (Å²) in [6, 6.07) is 10.8. The molecule has 0 aliphatic heterocycles. The Morgan fingerprint density at radius 1 is 1.35 bits per heavy atom. The van der Waals surface area contributed by atoms with Crippen LogP contribution in [0, 0.1) is 0 Å². The summed E-state index contributed by atoms with van der Waals surface area (Å²) in [5.74, 6) is 0.628. The van der Waals surface area contributed by atoms with Crippen molar-refractivity contribution in [2.75, 3.05) is 0 Å². The Labute approximate surface area is 108 Å². The van der Waals surface area contributed by atoms with Crippen LogP contribution in [-0.2, 0) is 0 Å². The second-order valence-corrected chi connectivity index (χ2v) is 4.64. The summed E-state index contributed by atoms with van der Waals surface area (Å²) >= 11 is 3.34. The van der Waals surface area contributed by atoms with Crippen LogP contribution in [0.4, 0.5) is 0 Å². The van der Waals surface area contributed by atoms with Crippen LogP contribution in [0.2, 0.25) is 0 Å². The van der Waals surface area contributed by atoms with Crippen molar-refractivity contribution >= 4 is 21.8 Å². The van der Waals surface area contributed by atoms with E-state index in [2.05, 4.69) is 21.2 Å². The van der Waals surface area contributed by atoms with E-state index in [-0.39, 0.29) is 11.9 Å². The lowest BCUT2D eigenvalue weighted by molar-refractivity contribution is 0.0935. The lowest BCUT2D eigenvalue weighted by Gasteiger charge is -2.11. The molecule has 0 saturated carbocycles. The van der Waals surface area contributed by atoms with Crippen molar-refractivity contribution in [2.45, 2.75) is 13.0 Å². The first kappa shape index (κ1) is 11.9. The van der Waals surface area contributed by atoms with Gasteiger partial charge >= 0.3 is 0 Å². The van der Waals surface area contributed by atoms with Crippen molar-refractivity contribution < 1.29 is 9.21 Å². The zero-order valence-corrected chi connectivity index (χ0v) is 10.9. The van der Waals surface area contributed by atoms with E-state index in [1.54, 1.807) is 24.5 Å². The fraction of sp³-hybridized carbons (Fsp3) is 0.154. The summed E-state index contributed by atoms with van der Waals surface area (Å²) < 4.78 is 6.12. The van der Waals surface area contributed by atoms with Crippen LogP contribution in [0.25, 0.3) is 0 Å². The molecule has 0 unspecified atom stereocenters. The van der Waals surface area contributed by atoms with Crippen molar-refractivity contribution in [1.82, 2.24) is 5.32 Å². The molecular weight excluding hydrogens is 282 g/mol. The smallest absolute Gasteiger partial charge is 0.251 e. The van der Waals surface area contributed by atoms with Crippen molar-refractivity contribution in [3.63, 3.8) is 0 Å². The molecule has 0 saturated heterocycles. The average Bonchev–Trinajstić information content (AvgIpc) is 2.82. The second kappa shape index (κ2) is 5.19. The van der Waals surface area contributed by atoms with E-state index >= 15 is 0 Å². The molecule has 0 fully saturated rings. The summed E-state index contributed by atoms with van der Waals surface area (Å²) in [5.41, 5.74) is 0.623. The van der Waals surface area contributed by atoms with Crippen LogP contribution in [0.5, 0.6) is 0 Å². The quantitative estimate of drug-likeness (QED) is 0.941. The number of amides is 1. The van der Waals surface area contributed by atoms with Crippen LogP contribution < -0.4 is 5.32 Å². The number of carbonyl (C=O) groups is 1. The number of nitrogens with one attached hydrogen (secondary N) is 1. The predicted octanol–water partition coefficient (Wildman–Crippen LogP) is 3.53. The third-order valence-electron chi connectivity index (χ3n) is 2.40. The third kappa shape index (κ3) is 2.97. The molecule has 1 heterocycles. The number of hydrogen-bond acceptors (Lipinski definition) is 2. The van der Waals surface area contributed by atoms with Crippen LogP contribution >= 0.6 is 15.9 Å². The average molecular weight is 294 g/mol. The van der Waals surface area contributed by atoms with Crippen molar-refractivity contribution in [3.8, 4) is 0 Å². The maximum atomic E-state index is 11.9. The minimum Gasteiger partial charge on any atom is -0.467 e. The zero-order chi connectivity index (χ0) is 12.3. The minimum absolute atomic E-state index is 0.116. The molecule has 4 heteroatoms. The van der Waals surface area contributed by atoms with Gasteiger partial charge in [0.15, 0.2) is 0 Å². The minimum atomic E-state index is -0.142. The maximum Gasteiger partial charge on any atom is 0.251 e. The number of benzene rings is 1. The molecule has 0 spiro atoms. The van der Waals surface area contributed by atoms with E-state index in [0.29, 0.717) is 5.56 Å². The van der Waals surface area contributed by atoms with E-state index in [0.717, 1.165) is 10.2 Å². The second-order valence-electron chi connectivity index (χ2n) is 3.72. The Kier molecular flexibility index (Phi) is 3.64. The standard InChI is InChI=1S/C13H12BrNO2/c1-9(12-6-3-7-17-12)15-13(16)10-4-2-5-11(14)8-10/h2-9H,1H3,(H,15,16)/t9-/m1/s1. The molecule has 0 radical (unpaired) electrons. The Bertz CT molecular complexity index is 508. The molecule has 1 amide bonds. The number of halogens is 1. The van der Waals surface area contributed by atoms with Crippen LogP contribution in [0.1, 0.15) is 29.1 Å². The molecule has 1 aromatic heterocycles. The zero-order valence-electron chi connectivity index (χ0n) is 9.31. The molecular formula is C13H12BrNO2. The molecule has 1 atom stereocenters. The van der Waals surface area contributed by atoms with Gasteiger partial charge in [-0.1, -0.05) is 22.0 Å². The highest BCUT2D eigenvalue weighted by molar-refractivity contribution is 9.10. The fourth-order valence-corrected chi connectivity index (χ4v) is 1.92. The van der Waals surface area contributed by atoms with E-state index < -0.39 is 0 Å². The van der Waals surface area contributed by atoms with E-state index in [1.165, 1.54) is 0 Å². The molecule has 3 nitrogen and oxygen atoms in total. The van der Waals surface area contributed by atoms with Crippen molar-refractivity contribution in [2.24, 2.45) is 0 Å². The van der Waals surface area contributed by atoms with Gasteiger partial charge in [-0.15, -0.1) is 0 Å². The maximum absolute atomic E-state index is 11.9. The summed E-state index contributed by atoms with van der Waals surface area (Å²) in [4.78, 5) is 11.9. The van der Waals surface area contributed by atoms with Gasteiger partial charge in [-0.2, -0.15) is 0 Å². The third-order valence-corrected chi connectivity index (χ3v) is 2.90. The topological polar surface area (TPSA) is 42.2 Å². The highest BCUT2D eigenvalue weighted by Crippen LogP contribution is 2.15. The molecule has 0 aliphatic rings. The molecule has 88 valence electrons.